The van der Waals surface area contributed by atoms with Crippen LogP contribution in [-0.4, -0.2) is 24.4 Å². The molecule has 21 heavy (non-hydrogen) atoms. The number of hydrogen-bond donors (Lipinski definition) is 0. The first-order valence-electron chi connectivity index (χ1n) is 7.93. The number of benzene rings is 1. The molecule has 2 bridgehead atoms. The smallest absolute Gasteiger partial charge is 0.124 e. The second-order valence-electron chi connectivity index (χ2n) is 6.95. The Hall–Kier alpha value is -1.06. The summed E-state index contributed by atoms with van der Waals surface area (Å²) in [4.78, 5) is 0. The predicted molar refractivity (Wildman–Crippen MR) is 82.5 cm³/mol. The Kier molecular flexibility index (Phi) is 3.74. The number of para-hydroxylation sites is 1. The van der Waals surface area contributed by atoms with Crippen LogP contribution in [-0.2, 0) is 16.1 Å². The third-order valence-electron chi connectivity index (χ3n) is 5.38. The van der Waals surface area contributed by atoms with Crippen molar-refractivity contribution < 1.29 is 14.2 Å². The standard InChI is InChI=1S/C18H26O3/c1-13(2)18-10-9-17(3,21-18)16(11-18)20-12-14-7-5-6-8-15(14)19-4/h5-8,13,16H,9-12H2,1-4H3. The Morgan fingerprint density at radius 1 is 1.29 bits per heavy atom. The molecule has 2 saturated heterocycles. The van der Waals surface area contributed by atoms with Gasteiger partial charge >= 0.3 is 0 Å². The van der Waals surface area contributed by atoms with E-state index in [4.69, 9.17) is 14.2 Å². The molecule has 2 fully saturated rings. The van der Waals surface area contributed by atoms with Gasteiger partial charge in [0.05, 0.1) is 31.0 Å². The molecule has 2 aliphatic rings. The summed E-state index contributed by atoms with van der Waals surface area (Å²) in [6.45, 7) is 7.31. The minimum absolute atomic E-state index is 0.0280. The van der Waals surface area contributed by atoms with E-state index in [1.807, 2.05) is 18.2 Å². The quantitative estimate of drug-likeness (QED) is 0.822. The Balaban J connectivity index is 1.69. The molecule has 0 amide bonds. The average Bonchev–Trinajstić information content (AvgIpc) is 2.97. The van der Waals surface area contributed by atoms with Crippen molar-refractivity contribution in [3.63, 3.8) is 0 Å². The molecule has 2 heterocycles. The molecule has 1 aromatic rings. The van der Waals surface area contributed by atoms with Crippen LogP contribution >= 0.6 is 0 Å². The van der Waals surface area contributed by atoms with Crippen LogP contribution in [0.1, 0.15) is 45.6 Å². The monoisotopic (exact) mass is 290 g/mol. The number of ether oxygens (including phenoxy) is 3. The van der Waals surface area contributed by atoms with E-state index in [0.717, 1.165) is 30.6 Å². The number of fused-ring (bicyclic) bond motifs is 2. The fourth-order valence-electron chi connectivity index (χ4n) is 3.82. The normalized spacial score (nSPS) is 34.6. The average molecular weight is 290 g/mol. The maximum atomic E-state index is 6.41. The molecule has 0 aromatic heterocycles. The van der Waals surface area contributed by atoms with Crippen molar-refractivity contribution in [2.75, 3.05) is 7.11 Å². The third-order valence-corrected chi connectivity index (χ3v) is 5.38. The zero-order valence-corrected chi connectivity index (χ0v) is 13.5. The molecule has 0 aliphatic carbocycles. The summed E-state index contributed by atoms with van der Waals surface area (Å²) in [5.74, 6) is 1.43. The van der Waals surface area contributed by atoms with Crippen molar-refractivity contribution in [1.29, 1.82) is 0 Å². The maximum absolute atomic E-state index is 6.41. The van der Waals surface area contributed by atoms with Gasteiger partial charge in [0.2, 0.25) is 0 Å². The van der Waals surface area contributed by atoms with Gasteiger partial charge < -0.3 is 14.2 Å². The lowest BCUT2D eigenvalue weighted by molar-refractivity contribution is -0.0961. The van der Waals surface area contributed by atoms with Crippen LogP contribution < -0.4 is 4.74 Å². The van der Waals surface area contributed by atoms with Crippen molar-refractivity contribution in [3.8, 4) is 5.75 Å². The Morgan fingerprint density at radius 2 is 2.05 bits per heavy atom. The minimum atomic E-state index is -0.119. The molecule has 0 radical (unpaired) electrons. The second kappa shape index (κ2) is 5.29. The van der Waals surface area contributed by atoms with Crippen LogP contribution in [0.5, 0.6) is 5.75 Å². The fraction of sp³-hybridized carbons (Fsp3) is 0.667. The zero-order valence-electron chi connectivity index (χ0n) is 13.5. The lowest BCUT2D eigenvalue weighted by atomic mass is 9.75. The number of rotatable bonds is 5. The first-order chi connectivity index (χ1) is 9.99. The lowest BCUT2D eigenvalue weighted by Crippen LogP contribution is -2.38. The van der Waals surface area contributed by atoms with E-state index in [2.05, 4.69) is 26.8 Å². The summed E-state index contributed by atoms with van der Waals surface area (Å²) in [6.07, 6.45) is 3.45. The molecule has 3 heteroatoms. The van der Waals surface area contributed by atoms with Crippen molar-refractivity contribution in [1.82, 2.24) is 0 Å². The Labute approximate surface area is 127 Å². The summed E-state index contributed by atoms with van der Waals surface area (Å²) in [5.41, 5.74) is 1.01. The Bertz CT molecular complexity index is 513. The zero-order chi connectivity index (χ0) is 15.1. The van der Waals surface area contributed by atoms with E-state index in [1.165, 1.54) is 0 Å². The SMILES string of the molecule is COc1ccccc1COC1CC2(C(C)C)CCC1(C)O2. The van der Waals surface area contributed by atoms with Gasteiger partial charge in [0.15, 0.2) is 0 Å². The van der Waals surface area contributed by atoms with Gasteiger partial charge in [0.1, 0.15) is 5.75 Å². The molecule has 0 saturated carbocycles. The van der Waals surface area contributed by atoms with Gasteiger partial charge in [-0.1, -0.05) is 32.0 Å². The van der Waals surface area contributed by atoms with E-state index < -0.39 is 0 Å². The van der Waals surface area contributed by atoms with Crippen LogP contribution in [0, 0.1) is 5.92 Å². The molecule has 2 aliphatic heterocycles. The molecular formula is C18H26O3. The van der Waals surface area contributed by atoms with E-state index >= 15 is 0 Å². The van der Waals surface area contributed by atoms with Crippen LogP contribution in [0.4, 0.5) is 0 Å². The van der Waals surface area contributed by atoms with Gasteiger partial charge in [-0.2, -0.15) is 0 Å². The highest BCUT2D eigenvalue weighted by Gasteiger charge is 2.60. The van der Waals surface area contributed by atoms with Crippen LogP contribution in [0.25, 0.3) is 0 Å². The molecule has 3 nitrogen and oxygen atoms in total. The van der Waals surface area contributed by atoms with Gasteiger partial charge in [-0.15, -0.1) is 0 Å². The third kappa shape index (κ3) is 2.47. The molecule has 0 N–H and O–H groups in total. The van der Waals surface area contributed by atoms with Crippen LogP contribution in [0.15, 0.2) is 24.3 Å². The van der Waals surface area contributed by atoms with Crippen molar-refractivity contribution in [2.45, 2.75) is 63.9 Å². The van der Waals surface area contributed by atoms with E-state index in [-0.39, 0.29) is 17.3 Å². The summed E-state index contributed by atoms with van der Waals surface area (Å²) in [5, 5.41) is 0. The first-order valence-corrected chi connectivity index (χ1v) is 7.93. The maximum Gasteiger partial charge on any atom is 0.124 e. The van der Waals surface area contributed by atoms with E-state index in [0.29, 0.717) is 12.5 Å². The van der Waals surface area contributed by atoms with Crippen molar-refractivity contribution >= 4 is 0 Å². The lowest BCUT2D eigenvalue weighted by Gasteiger charge is -2.31. The molecular weight excluding hydrogens is 264 g/mol. The summed E-state index contributed by atoms with van der Waals surface area (Å²) >= 11 is 0. The van der Waals surface area contributed by atoms with E-state index in [1.54, 1.807) is 7.11 Å². The van der Waals surface area contributed by atoms with Gasteiger partial charge in [0, 0.05) is 12.0 Å². The molecule has 0 spiro atoms. The molecule has 116 valence electrons. The molecule has 3 atom stereocenters. The van der Waals surface area contributed by atoms with Crippen molar-refractivity contribution in [3.05, 3.63) is 29.8 Å². The predicted octanol–water partition coefficient (Wildman–Crippen LogP) is 3.95. The fourth-order valence-corrected chi connectivity index (χ4v) is 3.82. The van der Waals surface area contributed by atoms with Gasteiger partial charge in [-0.3, -0.25) is 0 Å². The Morgan fingerprint density at radius 3 is 2.71 bits per heavy atom. The minimum Gasteiger partial charge on any atom is -0.496 e. The number of hydrogen-bond acceptors (Lipinski definition) is 3. The molecule has 1 aromatic carbocycles. The summed E-state index contributed by atoms with van der Waals surface area (Å²) in [7, 11) is 1.70. The topological polar surface area (TPSA) is 27.7 Å². The van der Waals surface area contributed by atoms with E-state index in [9.17, 15) is 0 Å². The van der Waals surface area contributed by atoms with Crippen LogP contribution in [0.2, 0.25) is 0 Å². The molecule has 3 rings (SSSR count). The van der Waals surface area contributed by atoms with Gasteiger partial charge in [-0.25, -0.2) is 0 Å². The molecule has 3 unspecified atom stereocenters. The van der Waals surface area contributed by atoms with Crippen LogP contribution in [0.3, 0.4) is 0 Å². The highest BCUT2D eigenvalue weighted by Crippen LogP contribution is 2.55. The summed E-state index contributed by atoms with van der Waals surface area (Å²) < 4.78 is 18.0. The first kappa shape index (κ1) is 14.9. The largest absolute Gasteiger partial charge is 0.496 e. The van der Waals surface area contributed by atoms with Gasteiger partial charge in [-0.05, 0) is 31.7 Å². The second-order valence-corrected chi connectivity index (χ2v) is 6.95. The number of methoxy groups -OCH3 is 1. The summed E-state index contributed by atoms with van der Waals surface area (Å²) in [6, 6.07) is 8.05. The highest BCUT2D eigenvalue weighted by molar-refractivity contribution is 5.32. The van der Waals surface area contributed by atoms with Crippen molar-refractivity contribution in [2.24, 2.45) is 5.92 Å². The van der Waals surface area contributed by atoms with Gasteiger partial charge in [0.25, 0.3) is 0 Å². The highest BCUT2D eigenvalue weighted by atomic mass is 16.6.